The van der Waals surface area contributed by atoms with Gasteiger partial charge in [0.15, 0.2) is 5.78 Å². The van der Waals surface area contributed by atoms with Crippen molar-refractivity contribution in [2.24, 2.45) is 0 Å². The summed E-state index contributed by atoms with van der Waals surface area (Å²) in [7, 11) is 1.38. The summed E-state index contributed by atoms with van der Waals surface area (Å²) in [5.41, 5.74) is 1.12. The van der Waals surface area contributed by atoms with Crippen LogP contribution < -0.4 is 0 Å². The number of ketones is 1. The molecule has 0 radical (unpaired) electrons. The summed E-state index contributed by atoms with van der Waals surface area (Å²) in [6.45, 7) is 3.34. The van der Waals surface area contributed by atoms with Gasteiger partial charge in [-0.05, 0) is 49.6 Å². The number of aromatic hydroxyl groups is 1. The van der Waals surface area contributed by atoms with Gasteiger partial charge in [-0.15, -0.1) is 0 Å². The molecule has 0 aliphatic carbocycles. The summed E-state index contributed by atoms with van der Waals surface area (Å²) in [5.74, 6) is -1.64. The number of hydrogen-bond acceptors (Lipinski definition) is 7. The topological polar surface area (TPSA) is 113 Å². The number of cyclic esters (lactones) is 1. The summed E-state index contributed by atoms with van der Waals surface area (Å²) in [6, 6.07) is 3.14. The van der Waals surface area contributed by atoms with Crippen molar-refractivity contribution in [3.63, 3.8) is 0 Å². The minimum Gasteiger partial charge on any atom is -0.507 e. The Bertz CT molecular complexity index is 766. The van der Waals surface area contributed by atoms with E-state index < -0.39 is 36.2 Å². The van der Waals surface area contributed by atoms with Gasteiger partial charge in [0.2, 0.25) is 0 Å². The highest BCUT2D eigenvalue weighted by Crippen LogP contribution is 2.27. The van der Waals surface area contributed by atoms with Crippen molar-refractivity contribution in [2.45, 2.75) is 44.7 Å². The Morgan fingerprint density at radius 3 is 2.56 bits per heavy atom. The third-order valence-corrected chi connectivity index (χ3v) is 4.31. The van der Waals surface area contributed by atoms with Crippen LogP contribution in [0.1, 0.15) is 34.8 Å². The zero-order valence-corrected chi connectivity index (χ0v) is 15.5. The van der Waals surface area contributed by atoms with E-state index in [9.17, 15) is 24.9 Å². The van der Waals surface area contributed by atoms with Crippen LogP contribution in [0.3, 0.4) is 0 Å². The van der Waals surface area contributed by atoms with Gasteiger partial charge >= 0.3 is 5.97 Å². The number of rotatable bonds is 1. The lowest BCUT2D eigenvalue weighted by molar-refractivity contribution is -0.127. The van der Waals surface area contributed by atoms with Gasteiger partial charge in [-0.25, -0.2) is 4.79 Å². The van der Waals surface area contributed by atoms with E-state index in [0.717, 1.165) is 11.6 Å². The number of phenolic OH excluding ortho intramolecular Hbond substituents is 1. The number of methoxy groups -OCH3 is 1. The molecule has 0 bridgehead atoms. The van der Waals surface area contributed by atoms with Gasteiger partial charge in [0.1, 0.15) is 29.6 Å². The molecule has 0 aromatic heterocycles. The minimum atomic E-state index is -1.59. The van der Waals surface area contributed by atoms with Gasteiger partial charge in [-0.3, -0.25) is 4.79 Å². The molecule has 27 heavy (non-hydrogen) atoms. The number of esters is 1. The van der Waals surface area contributed by atoms with Crippen LogP contribution in [0.2, 0.25) is 0 Å². The second kappa shape index (κ2) is 8.94. The normalized spacial score (nSPS) is 29.4. The molecular weight excluding hydrogens is 352 g/mol. The maximum atomic E-state index is 12.6. The van der Waals surface area contributed by atoms with Crippen LogP contribution in [0.4, 0.5) is 0 Å². The molecule has 1 heterocycles. The molecule has 1 aliphatic rings. The first-order chi connectivity index (χ1) is 12.7. The van der Waals surface area contributed by atoms with Crippen LogP contribution in [0, 0.1) is 6.92 Å². The summed E-state index contributed by atoms with van der Waals surface area (Å²) in [6.07, 6.45) is 1.06. The predicted octanol–water partition coefficient (Wildman–Crippen LogP) is 1.52. The summed E-state index contributed by atoms with van der Waals surface area (Å²) in [4.78, 5) is 24.6. The smallest absolute Gasteiger partial charge is 0.342 e. The van der Waals surface area contributed by atoms with Crippen LogP contribution in [0.15, 0.2) is 30.4 Å². The zero-order chi connectivity index (χ0) is 20.1. The van der Waals surface area contributed by atoms with Crippen LogP contribution in [-0.2, 0) is 14.3 Å². The van der Waals surface area contributed by atoms with Gasteiger partial charge in [0.05, 0.1) is 6.10 Å². The third kappa shape index (κ3) is 5.03. The molecule has 0 fully saturated rings. The Morgan fingerprint density at radius 1 is 1.19 bits per heavy atom. The maximum absolute atomic E-state index is 12.6. The quantitative estimate of drug-likeness (QED) is 0.637. The van der Waals surface area contributed by atoms with Gasteiger partial charge in [-0.2, -0.15) is 0 Å². The van der Waals surface area contributed by atoms with E-state index in [-0.39, 0.29) is 17.7 Å². The molecule has 0 unspecified atom stereocenters. The summed E-state index contributed by atoms with van der Waals surface area (Å²) >= 11 is 0. The summed E-state index contributed by atoms with van der Waals surface area (Å²) in [5, 5.41) is 30.2. The molecule has 2 rings (SSSR count). The van der Waals surface area contributed by atoms with E-state index >= 15 is 0 Å². The fourth-order valence-electron chi connectivity index (χ4n) is 2.81. The monoisotopic (exact) mass is 376 g/mol. The number of phenols is 1. The highest BCUT2D eigenvalue weighted by molar-refractivity contribution is 5.97. The van der Waals surface area contributed by atoms with E-state index in [1.807, 2.05) is 0 Å². The lowest BCUT2D eigenvalue weighted by atomic mass is 10.00. The predicted molar refractivity (Wildman–Crippen MR) is 98.3 cm³/mol. The fraction of sp³-hybridized carbons (Fsp3) is 0.400. The average molecular weight is 376 g/mol. The number of carbonyl (C=O) groups is 2. The number of benzene rings is 1. The van der Waals surface area contributed by atoms with Crippen molar-refractivity contribution in [3.8, 4) is 5.75 Å². The lowest BCUT2D eigenvalue weighted by Gasteiger charge is -2.21. The number of hydrogen-bond donors (Lipinski definition) is 3. The van der Waals surface area contributed by atoms with Crippen LogP contribution >= 0.6 is 0 Å². The fourth-order valence-corrected chi connectivity index (χ4v) is 2.81. The number of carbonyl (C=O) groups excluding carboxylic acids is 2. The Morgan fingerprint density at radius 2 is 1.89 bits per heavy atom. The van der Waals surface area contributed by atoms with Crippen molar-refractivity contribution < 1.29 is 34.4 Å². The van der Waals surface area contributed by atoms with Gasteiger partial charge in [-0.1, -0.05) is 18.2 Å². The van der Waals surface area contributed by atoms with E-state index in [1.54, 1.807) is 19.9 Å². The van der Waals surface area contributed by atoms with Gasteiger partial charge in [0.25, 0.3) is 0 Å². The van der Waals surface area contributed by atoms with Crippen LogP contribution in [0.5, 0.6) is 5.75 Å². The second-order valence-corrected chi connectivity index (χ2v) is 6.47. The van der Waals surface area contributed by atoms with Gasteiger partial charge in [0, 0.05) is 7.11 Å². The van der Waals surface area contributed by atoms with Crippen molar-refractivity contribution in [3.05, 3.63) is 47.1 Å². The first kappa shape index (κ1) is 20.8. The molecule has 1 aliphatic heterocycles. The molecule has 7 heteroatoms. The minimum absolute atomic E-state index is 0.00860. The second-order valence-electron chi connectivity index (χ2n) is 6.47. The molecule has 1 aromatic carbocycles. The van der Waals surface area contributed by atoms with Crippen molar-refractivity contribution in [1.82, 2.24) is 0 Å². The molecule has 4 atom stereocenters. The largest absolute Gasteiger partial charge is 0.507 e. The number of fused-ring (bicyclic) bond motifs is 1. The van der Waals surface area contributed by atoms with E-state index in [0.29, 0.717) is 5.56 Å². The third-order valence-electron chi connectivity index (χ3n) is 4.31. The van der Waals surface area contributed by atoms with E-state index in [1.165, 1.54) is 31.4 Å². The Labute approximate surface area is 157 Å². The van der Waals surface area contributed by atoms with Crippen molar-refractivity contribution in [1.29, 1.82) is 0 Å². The molecule has 3 N–H and O–H groups in total. The highest BCUT2D eigenvalue weighted by Gasteiger charge is 2.26. The average Bonchev–Trinajstić information content (AvgIpc) is 2.59. The molecule has 0 amide bonds. The van der Waals surface area contributed by atoms with E-state index in [4.69, 9.17) is 9.47 Å². The number of aliphatic hydroxyl groups excluding tert-OH is 2. The Kier molecular flexibility index (Phi) is 6.90. The standard InChI is InChI=1S/C20H24O7/c1-11-9-13-5-4-6-14(21)19(24)15(22)7-8-17(26-3)12(2)27-20(25)18(13)16(23)10-11/h4-5,7-10,12,14,17,19,21,23-24H,6H2,1-3H3/b5-4+,8-7-/t12-,14-,17+,19-/m0/s1. The molecule has 0 spiro atoms. The molecular formula is C20H24O7. The van der Waals surface area contributed by atoms with Crippen molar-refractivity contribution in [2.75, 3.05) is 7.11 Å². The zero-order valence-electron chi connectivity index (χ0n) is 15.5. The first-order valence-corrected chi connectivity index (χ1v) is 8.56. The van der Waals surface area contributed by atoms with Gasteiger partial charge < -0.3 is 24.8 Å². The molecule has 0 saturated carbocycles. The van der Waals surface area contributed by atoms with Crippen molar-refractivity contribution >= 4 is 17.8 Å². The lowest BCUT2D eigenvalue weighted by Crippen LogP contribution is -2.33. The highest BCUT2D eigenvalue weighted by atomic mass is 16.6. The maximum Gasteiger partial charge on any atom is 0.342 e. The Hall–Kier alpha value is -2.48. The van der Waals surface area contributed by atoms with E-state index in [2.05, 4.69) is 0 Å². The Balaban J connectivity index is 2.50. The number of ether oxygens (including phenoxy) is 2. The molecule has 7 nitrogen and oxygen atoms in total. The molecule has 1 aromatic rings. The molecule has 0 saturated heterocycles. The SMILES string of the molecule is CO[C@@H]1/C=C\C(=O)[C@@H](O)[C@@H](O)C/C=C/c2cc(C)cc(O)c2C(=O)O[C@H]1C. The van der Waals surface area contributed by atoms with Crippen LogP contribution in [-0.4, -0.2) is 58.6 Å². The summed E-state index contributed by atoms with van der Waals surface area (Å²) < 4.78 is 10.6. The number of aryl methyl sites for hydroxylation is 1. The first-order valence-electron chi connectivity index (χ1n) is 8.56. The van der Waals surface area contributed by atoms with Crippen LogP contribution in [0.25, 0.3) is 6.08 Å². The number of aliphatic hydroxyl groups is 2. The molecule has 146 valence electrons.